The largest absolute Gasteiger partial charge is 0.451 e. The average molecular weight is 468 g/mol. The van der Waals surface area contributed by atoms with Gasteiger partial charge in [-0.05, 0) is 54.3 Å². The Balaban J connectivity index is 1.15. The Labute approximate surface area is 202 Å². The molecule has 1 aliphatic rings. The summed E-state index contributed by atoms with van der Waals surface area (Å²) in [6, 6.07) is 17.2. The fraction of sp³-hybridized carbons (Fsp3) is 0.259. The van der Waals surface area contributed by atoms with Gasteiger partial charge in [0.2, 0.25) is 5.91 Å². The highest BCUT2D eigenvalue weighted by atomic mass is 16.3. The van der Waals surface area contributed by atoms with E-state index < -0.39 is 0 Å². The minimum absolute atomic E-state index is 0.0752. The van der Waals surface area contributed by atoms with Crippen LogP contribution in [0.15, 0.2) is 71.7 Å². The van der Waals surface area contributed by atoms with E-state index in [1.807, 2.05) is 36.4 Å². The molecule has 2 aromatic carbocycles. The monoisotopic (exact) mass is 467 g/mol. The highest BCUT2D eigenvalue weighted by molar-refractivity contribution is 5.96. The van der Waals surface area contributed by atoms with Crippen molar-refractivity contribution in [3.63, 3.8) is 0 Å². The number of carbonyl (C=O) groups is 2. The predicted octanol–water partition coefficient (Wildman–Crippen LogP) is 3.78. The average Bonchev–Trinajstić information content (AvgIpc) is 3.56. The predicted molar refractivity (Wildman–Crippen MR) is 130 cm³/mol. The molecule has 1 N–H and O–H groups in total. The van der Waals surface area contributed by atoms with Crippen LogP contribution in [0.25, 0.3) is 11.0 Å². The molecule has 1 aliphatic heterocycles. The summed E-state index contributed by atoms with van der Waals surface area (Å²) in [5.74, 6) is -0.0188. The molecule has 0 saturated carbocycles. The van der Waals surface area contributed by atoms with Crippen LogP contribution in [0.3, 0.4) is 0 Å². The van der Waals surface area contributed by atoms with Crippen LogP contribution in [0, 0.1) is 11.3 Å². The van der Waals surface area contributed by atoms with Crippen LogP contribution in [0.4, 0.5) is 0 Å². The van der Waals surface area contributed by atoms with Crippen molar-refractivity contribution < 1.29 is 14.0 Å². The van der Waals surface area contributed by atoms with Crippen LogP contribution in [0.5, 0.6) is 0 Å². The second-order valence-electron chi connectivity index (χ2n) is 8.86. The number of imidazole rings is 1. The Hall–Kier alpha value is -4.22. The molecule has 0 aliphatic carbocycles. The van der Waals surface area contributed by atoms with Gasteiger partial charge in [0.15, 0.2) is 5.76 Å². The molecule has 0 unspecified atom stereocenters. The third-order valence-corrected chi connectivity index (χ3v) is 6.36. The molecular formula is C27H25N5O3. The number of piperidine rings is 1. The lowest BCUT2D eigenvalue weighted by atomic mass is 10.0. The SMILES string of the molecule is N#Cc1ccc(CN2CCC(NC(=O)c3cc4cc(CC(=O)n5ccnc5)ccc4o3)CC2)cc1. The number of carbonyl (C=O) groups excluding carboxylic acids is 2. The van der Waals surface area contributed by atoms with E-state index in [2.05, 4.69) is 21.3 Å². The molecular weight excluding hydrogens is 442 g/mol. The minimum atomic E-state index is -0.220. The Morgan fingerprint density at radius 3 is 2.57 bits per heavy atom. The lowest BCUT2D eigenvalue weighted by molar-refractivity contribution is 0.0881. The van der Waals surface area contributed by atoms with E-state index >= 15 is 0 Å². The summed E-state index contributed by atoms with van der Waals surface area (Å²) >= 11 is 0. The molecule has 1 saturated heterocycles. The van der Waals surface area contributed by atoms with Crippen molar-refractivity contribution in [1.82, 2.24) is 19.8 Å². The fourth-order valence-corrected chi connectivity index (χ4v) is 4.42. The van der Waals surface area contributed by atoms with Crippen LogP contribution >= 0.6 is 0 Å². The van der Waals surface area contributed by atoms with Gasteiger partial charge in [-0.25, -0.2) is 4.98 Å². The van der Waals surface area contributed by atoms with E-state index in [-0.39, 0.29) is 30.0 Å². The van der Waals surface area contributed by atoms with Crippen molar-refractivity contribution in [3.8, 4) is 6.07 Å². The van der Waals surface area contributed by atoms with Crippen LogP contribution in [0.2, 0.25) is 0 Å². The molecule has 4 aromatic rings. The van der Waals surface area contributed by atoms with Crippen molar-refractivity contribution in [2.24, 2.45) is 0 Å². The first-order valence-electron chi connectivity index (χ1n) is 11.6. The smallest absolute Gasteiger partial charge is 0.287 e. The van der Waals surface area contributed by atoms with Crippen molar-refractivity contribution in [2.45, 2.75) is 31.8 Å². The topological polar surface area (TPSA) is 104 Å². The summed E-state index contributed by atoms with van der Waals surface area (Å²) in [6.07, 6.45) is 6.64. The third kappa shape index (κ3) is 5.31. The molecule has 3 heterocycles. The maximum absolute atomic E-state index is 12.8. The summed E-state index contributed by atoms with van der Waals surface area (Å²) < 4.78 is 7.23. The van der Waals surface area contributed by atoms with E-state index in [1.54, 1.807) is 24.5 Å². The number of nitriles is 1. The molecule has 5 rings (SSSR count). The van der Waals surface area contributed by atoms with E-state index in [1.165, 1.54) is 16.5 Å². The maximum Gasteiger partial charge on any atom is 0.287 e. The van der Waals surface area contributed by atoms with Gasteiger partial charge in [0.05, 0.1) is 18.1 Å². The first-order chi connectivity index (χ1) is 17.1. The summed E-state index contributed by atoms with van der Waals surface area (Å²) in [7, 11) is 0. The van der Waals surface area contributed by atoms with Crippen LogP contribution in [-0.2, 0) is 13.0 Å². The van der Waals surface area contributed by atoms with E-state index in [4.69, 9.17) is 9.68 Å². The Bertz CT molecular complexity index is 1370. The summed E-state index contributed by atoms with van der Waals surface area (Å²) in [6.45, 7) is 2.61. The van der Waals surface area contributed by atoms with E-state index in [0.29, 0.717) is 11.1 Å². The van der Waals surface area contributed by atoms with Crippen molar-refractivity contribution in [2.75, 3.05) is 13.1 Å². The molecule has 1 fully saturated rings. The van der Waals surface area contributed by atoms with Gasteiger partial charge >= 0.3 is 0 Å². The number of hydrogen-bond donors (Lipinski definition) is 1. The molecule has 2 aromatic heterocycles. The zero-order valence-electron chi connectivity index (χ0n) is 19.2. The second kappa shape index (κ2) is 9.95. The molecule has 1 amide bonds. The number of likely N-dealkylation sites (tertiary alicyclic amines) is 1. The van der Waals surface area contributed by atoms with Gasteiger partial charge < -0.3 is 9.73 Å². The number of nitrogens with zero attached hydrogens (tertiary/aromatic N) is 4. The van der Waals surface area contributed by atoms with Crippen molar-refractivity contribution in [3.05, 3.63) is 89.7 Å². The molecule has 0 radical (unpaired) electrons. The quantitative estimate of drug-likeness (QED) is 0.463. The third-order valence-electron chi connectivity index (χ3n) is 6.36. The van der Waals surface area contributed by atoms with Gasteiger partial charge in [-0.15, -0.1) is 0 Å². The van der Waals surface area contributed by atoms with Crippen LogP contribution in [0.1, 0.15) is 44.9 Å². The number of rotatable bonds is 6. The molecule has 8 nitrogen and oxygen atoms in total. The van der Waals surface area contributed by atoms with Gasteiger partial charge in [-0.1, -0.05) is 18.2 Å². The number of fused-ring (bicyclic) bond motifs is 1. The number of benzene rings is 2. The Kier molecular flexibility index (Phi) is 6.42. The lowest BCUT2D eigenvalue weighted by Gasteiger charge is -2.32. The minimum Gasteiger partial charge on any atom is -0.451 e. The normalized spacial score (nSPS) is 14.6. The second-order valence-corrected chi connectivity index (χ2v) is 8.86. The van der Waals surface area contributed by atoms with Crippen molar-refractivity contribution in [1.29, 1.82) is 5.26 Å². The zero-order chi connectivity index (χ0) is 24.2. The standard InChI is InChI=1S/C27H25N5O3/c28-16-19-1-3-20(4-2-19)17-31-10-7-23(8-11-31)30-27(34)25-15-22-13-21(5-6-24(22)35-25)14-26(33)32-12-9-29-18-32/h1-6,9,12-13,15,18,23H,7-8,10-11,14,17H2,(H,30,34). The summed E-state index contributed by atoms with van der Waals surface area (Å²) in [5, 5.41) is 12.8. The molecule has 35 heavy (non-hydrogen) atoms. The Morgan fingerprint density at radius 2 is 1.86 bits per heavy atom. The molecule has 0 spiro atoms. The molecule has 0 atom stereocenters. The first-order valence-corrected chi connectivity index (χ1v) is 11.6. The van der Waals surface area contributed by atoms with E-state index in [0.717, 1.165) is 43.4 Å². The number of nitrogens with one attached hydrogen (secondary N) is 1. The maximum atomic E-state index is 12.8. The summed E-state index contributed by atoms with van der Waals surface area (Å²) in [5.41, 5.74) is 3.31. The van der Waals surface area contributed by atoms with Crippen LogP contribution in [-0.4, -0.2) is 45.4 Å². The van der Waals surface area contributed by atoms with Crippen LogP contribution < -0.4 is 5.32 Å². The number of hydrogen-bond acceptors (Lipinski definition) is 6. The Morgan fingerprint density at radius 1 is 1.09 bits per heavy atom. The summed E-state index contributed by atoms with van der Waals surface area (Å²) in [4.78, 5) is 31.4. The number of aromatic nitrogens is 2. The fourth-order valence-electron chi connectivity index (χ4n) is 4.42. The number of amides is 1. The lowest BCUT2D eigenvalue weighted by Crippen LogP contribution is -2.44. The first kappa shape index (κ1) is 22.6. The van der Waals surface area contributed by atoms with Gasteiger partial charge in [-0.3, -0.25) is 19.1 Å². The molecule has 176 valence electrons. The van der Waals surface area contributed by atoms with Gasteiger partial charge in [0.25, 0.3) is 5.91 Å². The number of furan rings is 1. The van der Waals surface area contributed by atoms with Gasteiger partial charge in [0, 0.05) is 43.5 Å². The zero-order valence-corrected chi connectivity index (χ0v) is 19.2. The highest BCUT2D eigenvalue weighted by Crippen LogP contribution is 2.22. The van der Waals surface area contributed by atoms with E-state index in [9.17, 15) is 9.59 Å². The van der Waals surface area contributed by atoms with Gasteiger partial charge in [0.1, 0.15) is 11.9 Å². The highest BCUT2D eigenvalue weighted by Gasteiger charge is 2.23. The van der Waals surface area contributed by atoms with Crippen molar-refractivity contribution >= 4 is 22.8 Å². The molecule has 0 bridgehead atoms. The van der Waals surface area contributed by atoms with Gasteiger partial charge in [-0.2, -0.15) is 5.26 Å². The molecule has 8 heteroatoms.